The van der Waals surface area contributed by atoms with Crippen LogP contribution in [0.2, 0.25) is 0 Å². The Bertz CT molecular complexity index is 686. The van der Waals surface area contributed by atoms with Crippen molar-refractivity contribution < 1.29 is 27.8 Å². The first-order chi connectivity index (χ1) is 10.5. The molecule has 116 valence electrons. The molecule has 0 aliphatic rings. The second-order valence-corrected chi connectivity index (χ2v) is 4.59. The maximum absolute atomic E-state index is 13.9. The zero-order valence-electron chi connectivity index (χ0n) is 11.6. The summed E-state index contributed by atoms with van der Waals surface area (Å²) in [6, 6.07) is 7.61. The minimum Gasteiger partial charge on any atom is -0.496 e. The van der Waals surface area contributed by atoms with Gasteiger partial charge in [0.1, 0.15) is 17.7 Å². The molecule has 6 heteroatoms. The topological polar surface area (TPSA) is 46.5 Å². The predicted molar refractivity (Wildman–Crippen MR) is 74.7 cm³/mol. The molecule has 0 spiro atoms. The molecule has 0 aliphatic heterocycles. The fourth-order valence-electron chi connectivity index (χ4n) is 2.09. The van der Waals surface area contributed by atoms with Gasteiger partial charge in [0.15, 0.2) is 6.29 Å². The molecular weight excluding hydrogens is 297 g/mol. The summed E-state index contributed by atoms with van der Waals surface area (Å²) in [7, 11) is 1.39. The zero-order valence-corrected chi connectivity index (χ0v) is 11.6. The van der Waals surface area contributed by atoms with Crippen LogP contribution < -0.4 is 4.74 Å². The maximum Gasteiger partial charge on any atom is 0.268 e. The van der Waals surface area contributed by atoms with E-state index in [9.17, 15) is 23.1 Å². The van der Waals surface area contributed by atoms with Crippen LogP contribution in [-0.2, 0) is 0 Å². The van der Waals surface area contributed by atoms with Gasteiger partial charge in [0, 0.05) is 5.56 Å². The van der Waals surface area contributed by atoms with Gasteiger partial charge in [0.25, 0.3) is 6.43 Å². The average Bonchev–Trinajstić information content (AvgIpc) is 2.53. The van der Waals surface area contributed by atoms with E-state index in [0.29, 0.717) is 17.6 Å². The van der Waals surface area contributed by atoms with Crippen molar-refractivity contribution in [1.29, 1.82) is 0 Å². The first-order valence-electron chi connectivity index (χ1n) is 6.37. The lowest BCUT2D eigenvalue weighted by atomic mass is 9.98. The molecule has 1 atom stereocenters. The number of ether oxygens (including phenoxy) is 1. The Morgan fingerprint density at radius 2 is 1.91 bits per heavy atom. The minimum atomic E-state index is -2.97. The van der Waals surface area contributed by atoms with E-state index >= 15 is 0 Å². The summed E-state index contributed by atoms with van der Waals surface area (Å²) in [4.78, 5) is 11.0. The summed E-state index contributed by atoms with van der Waals surface area (Å²) in [6.45, 7) is 0. The van der Waals surface area contributed by atoms with Crippen LogP contribution in [0.3, 0.4) is 0 Å². The van der Waals surface area contributed by atoms with E-state index in [0.717, 1.165) is 18.2 Å². The van der Waals surface area contributed by atoms with Crippen molar-refractivity contribution in [3.63, 3.8) is 0 Å². The summed E-state index contributed by atoms with van der Waals surface area (Å²) in [6.07, 6.45) is -4.42. The monoisotopic (exact) mass is 310 g/mol. The summed E-state index contributed by atoms with van der Waals surface area (Å²) in [5, 5.41) is 9.39. The molecule has 3 nitrogen and oxygen atoms in total. The fourth-order valence-corrected chi connectivity index (χ4v) is 2.09. The molecule has 0 fully saturated rings. The third-order valence-corrected chi connectivity index (χ3v) is 3.24. The van der Waals surface area contributed by atoms with Crippen LogP contribution in [0.1, 0.15) is 22.0 Å². The largest absolute Gasteiger partial charge is 0.496 e. The summed E-state index contributed by atoms with van der Waals surface area (Å²) < 4.78 is 44.1. The van der Waals surface area contributed by atoms with E-state index in [1.165, 1.54) is 25.3 Å². The standard InChI is InChI=1S/C16H13F3O3/c1-22-14-5-3-9(6-11(14)8-20)12-7-10(2-4-13(12)17)15(21)16(18)19/h2-8,15-16,21H,1H3. The Morgan fingerprint density at radius 1 is 1.18 bits per heavy atom. The summed E-state index contributed by atoms with van der Waals surface area (Å²) in [5.41, 5.74) is 0.445. The van der Waals surface area contributed by atoms with Gasteiger partial charge in [0.05, 0.1) is 12.7 Å². The van der Waals surface area contributed by atoms with Gasteiger partial charge in [-0.3, -0.25) is 4.79 Å². The van der Waals surface area contributed by atoms with Gasteiger partial charge in [-0.15, -0.1) is 0 Å². The highest BCUT2D eigenvalue weighted by Crippen LogP contribution is 2.31. The Morgan fingerprint density at radius 3 is 2.50 bits per heavy atom. The van der Waals surface area contributed by atoms with Crippen molar-refractivity contribution in [3.8, 4) is 16.9 Å². The second-order valence-electron chi connectivity index (χ2n) is 4.59. The lowest BCUT2D eigenvalue weighted by molar-refractivity contribution is -0.00578. The Balaban J connectivity index is 2.52. The zero-order chi connectivity index (χ0) is 16.3. The lowest BCUT2D eigenvalue weighted by Crippen LogP contribution is -2.08. The number of aldehydes is 1. The quantitative estimate of drug-likeness (QED) is 0.858. The van der Waals surface area contributed by atoms with Crippen LogP contribution in [0.25, 0.3) is 11.1 Å². The van der Waals surface area contributed by atoms with Crippen molar-refractivity contribution in [1.82, 2.24) is 0 Å². The number of hydrogen-bond donors (Lipinski definition) is 1. The van der Waals surface area contributed by atoms with Gasteiger partial charge >= 0.3 is 0 Å². The Hall–Kier alpha value is -2.34. The molecule has 1 unspecified atom stereocenters. The molecule has 22 heavy (non-hydrogen) atoms. The van der Waals surface area contributed by atoms with E-state index in [1.54, 1.807) is 0 Å². The Kier molecular flexibility index (Phi) is 4.82. The number of halogens is 3. The van der Waals surface area contributed by atoms with Crippen LogP contribution in [0, 0.1) is 5.82 Å². The molecule has 0 radical (unpaired) electrons. The number of aliphatic hydroxyl groups excluding tert-OH is 1. The van der Waals surface area contributed by atoms with Gasteiger partial charge in [-0.25, -0.2) is 13.2 Å². The molecule has 0 bridgehead atoms. The molecule has 2 rings (SSSR count). The van der Waals surface area contributed by atoms with Gasteiger partial charge in [-0.05, 0) is 35.4 Å². The summed E-state index contributed by atoms with van der Waals surface area (Å²) >= 11 is 0. The fraction of sp³-hybridized carbons (Fsp3) is 0.188. The molecule has 0 heterocycles. The Labute approximate surface area is 125 Å². The SMILES string of the molecule is COc1ccc(-c2cc(C(O)C(F)F)ccc2F)cc1C=O. The number of hydrogen-bond acceptors (Lipinski definition) is 3. The van der Waals surface area contributed by atoms with E-state index in [1.807, 2.05) is 0 Å². The van der Waals surface area contributed by atoms with E-state index < -0.39 is 18.3 Å². The second kappa shape index (κ2) is 6.62. The van der Waals surface area contributed by atoms with Gasteiger partial charge in [0.2, 0.25) is 0 Å². The van der Waals surface area contributed by atoms with Crippen LogP contribution >= 0.6 is 0 Å². The molecule has 1 N–H and O–H groups in total. The number of carbonyl (C=O) groups is 1. The third kappa shape index (κ3) is 3.12. The van der Waals surface area contributed by atoms with Crippen molar-refractivity contribution in [3.05, 3.63) is 53.3 Å². The van der Waals surface area contributed by atoms with Crippen LogP contribution in [0.4, 0.5) is 13.2 Å². The third-order valence-electron chi connectivity index (χ3n) is 3.24. The molecular formula is C16H13F3O3. The number of carbonyl (C=O) groups excluding carboxylic acids is 1. The van der Waals surface area contributed by atoms with E-state index in [-0.39, 0.29) is 16.7 Å². The first kappa shape index (κ1) is 16.0. The molecule has 0 aliphatic carbocycles. The van der Waals surface area contributed by atoms with E-state index in [2.05, 4.69) is 0 Å². The molecule has 0 amide bonds. The number of aliphatic hydroxyl groups is 1. The molecule has 2 aromatic carbocycles. The number of alkyl halides is 2. The molecule has 0 saturated heterocycles. The van der Waals surface area contributed by atoms with Gasteiger partial charge in [-0.2, -0.15) is 0 Å². The van der Waals surface area contributed by atoms with Gasteiger partial charge < -0.3 is 9.84 Å². The number of benzene rings is 2. The smallest absolute Gasteiger partial charge is 0.268 e. The van der Waals surface area contributed by atoms with Crippen molar-refractivity contribution in [2.45, 2.75) is 12.5 Å². The minimum absolute atomic E-state index is 0.0166. The molecule has 0 saturated carbocycles. The summed E-state index contributed by atoms with van der Waals surface area (Å²) in [5.74, 6) is -0.324. The van der Waals surface area contributed by atoms with Crippen LogP contribution in [0.15, 0.2) is 36.4 Å². The van der Waals surface area contributed by atoms with Gasteiger partial charge in [-0.1, -0.05) is 12.1 Å². The van der Waals surface area contributed by atoms with Crippen molar-refractivity contribution in [2.75, 3.05) is 7.11 Å². The lowest BCUT2D eigenvalue weighted by Gasteiger charge is -2.13. The first-order valence-corrected chi connectivity index (χ1v) is 6.37. The molecule has 0 aromatic heterocycles. The highest BCUT2D eigenvalue weighted by atomic mass is 19.3. The predicted octanol–water partition coefficient (Wildman–Crippen LogP) is 3.61. The highest BCUT2D eigenvalue weighted by Gasteiger charge is 2.20. The van der Waals surface area contributed by atoms with Crippen LogP contribution in [-0.4, -0.2) is 24.9 Å². The average molecular weight is 310 g/mol. The van der Waals surface area contributed by atoms with Crippen LogP contribution in [0.5, 0.6) is 5.75 Å². The molecule has 2 aromatic rings. The maximum atomic E-state index is 13.9. The van der Waals surface area contributed by atoms with Crippen molar-refractivity contribution >= 4 is 6.29 Å². The number of rotatable bonds is 5. The normalized spacial score (nSPS) is 12.3. The van der Waals surface area contributed by atoms with Crippen molar-refractivity contribution in [2.24, 2.45) is 0 Å². The van der Waals surface area contributed by atoms with E-state index in [4.69, 9.17) is 4.74 Å². The number of methoxy groups -OCH3 is 1. The highest BCUT2D eigenvalue weighted by molar-refractivity contribution is 5.83.